The van der Waals surface area contributed by atoms with Crippen molar-refractivity contribution < 1.29 is 28.1 Å². The van der Waals surface area contributed by atoms with E-state index in [9.17, 15) is 33.0 Å². The van der Waals surface area contributed by atoms with Gasteiger partial charge in [0.25, 0.3) is 5.56 Å². The first-order chi connectivity index (χ1) is 9.66. The van der Waals surface area contributed by atoms with Crippen LogP contribution in [-0.4, -0.2) is 44.0 Å². The van der Waals surface area contributed by atoms with Crippen LogP contribution in [0.15, 0.2) is 15.8 Å². The molecule has 0 aromatic carbocycles. The molecule has 4 atom stereocenters. The molecule has 1 aromatic heterocycles. The maximum Gasteiger partial charge on any atom is 0.423 e. The topological polar surface area (TPSA) is 105 Å². The van der Waals surface area contributed by atoms with Crippen molar-refractivity contribution in [1.82, 2.24) is 9.55 Å². The van der Waals surface area contributed by atoms with Crippen molar-refractivity contribution in [3.05, 3.63) is 32.6 Å². The van der Waals surface area contributed by atoms with Crippen LogP contribution in [0, 0.1) is 0 Å². The Labute approximate surface area is 119 Å². The average molecular weight is 331 g/mol. The number of alkyl halides is 4. The van der Waals surface area contributed by atoms with Crippen molar-refractivity contribution >= 4 is 11.6 Å². The molecule has 7 nitrogen and oxygen atoms in total. The number of aromatic amines is 1. The first-order valence-electron chi connectivity index (χ1n) is 5.67. The Morgan fingerprint density at radius 1 is 1.33 bits per heavy atom. The Kier molecular flexibility index (Phi) is 4.15. The van der Waals surface area contributed by atoms with Crippen molar-refractivity contribution in [2.45, 2.75) is 30.7 Å². The van der Waals surface area contributed by atoms with E-state index in [2.05, 4.69) is 0 Å². The average Bonchev–Trinajstić information content (AvgIpc) is 2.65. The molecule has 0 spiro atoms. The fourth-order valence-electron chi connectivity index (χ4n) is 1.96. The van der Waals surface area contributed by atoms with Crippen LogP contribution in [0.2, 0.25) is 0 Å². The van der Waals surface area contributed by atoms with Gasteiger partial charge in [0.15, 0.2) is 6.23 Å². The van der Waals surface area contributed by atoms with E-state index in [0.717, 1.165) is 0 Å². The van der Waals surface area contributed by atoms with Gasteiger partial charge in [-0.15, -0.1) is 11.6 Å². The smallest absolute Gasteiger partial charge is 0.387 e. The van der Waals surface area contributed by atoms with Crippen molar-refractivity contribution in [3.63, 3.8) is 0 Å². The van der Waals surface area contributed by atoms with Crippen molar-refractivity contribution in [1.29, 1.82) is 0 Å². The lowest BCUT2D eigenvalue weighted by Gasteiger charge is -2.18. The summed E-state index contributed by atoms with van der Waals surface area (Å²) in [5.41, 5.74) is -4.44. The number of rotatable bonds is 2. The van der Waals surface area contributed by atoms with Gasteiger partial charge in [-0.3, -0.25) is 14.3 Å². The maximum absolute atomic E-state index is 12.7. The molecule has 0 radical (unpaired) electrons. The molecule has 0 unspecified atom stereocenters. The number of ether oxygens (including phenoxy) is 1. The van der Waals surface area contributed by atoms with Crippen LogP contribution >= 0.6 is 11.6 Å². The lowest BCUT2D eigenvalue weighted by Crippen LogP contribution is -2.40. The molecule has 1 aliphatic heterocycles. The molecule has 1 aromatic rings. The number of hydrogen-bond acceptors (Lipinski definition) is 5. The molecular formula is C10H10ClF3N2O5. The molecule has 0 bridgehead atoms. The fourth-order valence-corrected chi connectivity index (χ4v) is 2.22. The molecule has 0 saturated carbocycles. The predicted octanol–water partition coefficient (Wildman–Crippen LogP) is -0.587. The summed E-state index contributed by atoms with van der Waals surface area (Å²) in [5.74, 6) is -0.237. The van der Waals surface area contributed by atoms with Gasteiger partial charge in [0.1, 0.15) is 23.9 Å². The van der Waals surface area contributed by atoms with Crippen molar-refractivity contribution in [3.8, 4) is 0 Å². The Morgan fingerprint density at radius 3 is 2.43 bits per heavy atom. The summed E-state index contributed by atoms with van der Waals surface area (Å²) in [6.45, 7) is 0. The summed E-state index contributed by atoms with van der Waals surface area (Å²) in [6, 6.07) is 0. The molecule has 0 aliphatic carbocycles. The van der Waals surface area contributed by atoms with Crippen molar-refractivity contribution in [2.75, 3.05) is 5.88 Å². The quantitative estimate of drug-likeness (QED) is 0.629. The highest BCUT2D eigenvalue weighted by atomic mass is 35.5. The second-order valence-corrected chi connectivity index (χ2v) is 4.72. The third-order valence-corrected chi connectivity index (χ3v) is 3.34. The number of nitrogens with one attached hydrogen (secondary N) is 1. The van der Waals surface area contributed by atoms with Gasteiger partial charge in [0.2, 0.25) is 0 Å². The van der Waals surface area contributed by atoms with Gasteiger partial charge < -0.3 is 14.9 Å². The van der Waals surface area contributed by atoms with Gasteiger partial charge in [-0.05, 0) is 0 Å². The first kappa shape index (κ1) is 16.0. The number of hydrogen-bond donors (Lipinski definition) is 3. The zero-order chi connectivity index (χ0) is 15.9. The van der Waals surface area contributed by atoms with Crippen LogP contribution in [0.1, 0.15) is 11.8 Å². The Bertz CT molecular complexity index is 643. The summed E-state index contributed by atoms with van der Waals surface area (Å²) in [6.07, 6.45) is -10.5. The highest BCUT2D eigenvalue weighted by molar-refractivity contribution is 6.18. The highest BCUT2D eigenvalue weighted by Crippen LogP contribution is 2.31. The Morgan fingerprint density at radius 2 is 1.95 bits per heavy atom. The zero-order valence-electron chi connectivity index (χ0n) is 10.2. The monoisotopic (exact) mass is 330 g/mol. The van der Waals surface area contributed by atoms with Crippen LogP contribution in [-0.2, 0) is 10.9 Å². The minimum atomic E-state index is -4.99. The maximum atomic E-state index is 12.7. The Balaban J connectivity index is 2.50. The van der Waals surface area contributed by atoms with Crippen LogP contribution < -0.4 is 11.2 Å². The molecule has 2 rings (SSSR count). The summed E-state index contributed by atoms with van der Waals surface area (Å²) in [5, 5.41) is 19.3. The minimum Gasteiger partial charge on any atom is -0.387 e. The Hall–Kier alpha value is -1.36. The third-order valence-electron chi connectivity index (χ3n) is 3.04. The molecule has 1 aliphatic rings. The molecule has 0 amide bonds. The second-order valence-electron chi connectivity index (χ2n) is 4.41. The number of halogens is 4. The second kappa shape index (κ2) is 5.44. The largest absolute Gasteiger partial charge is 0.423 e. The molecule has 21 heavy (non-hydrogen) atoms. The van der Waals surface area contributed by atoms with Crippen molar-refractivity contribution in [2.24, 2.45) is 0 Å². The first-order valence-corrected chi connectivity index (χ1v) is 6.20. The van der Waals surface area contributed by atoms with Gasteiger partial charge in [0.05, 0.1) is 5.88 Å². The minimum absolute atomic E-state index is 0.235. The van der Waals surface area contributed by atoms with Crippen LogP contribution in [0.3, 0.4) is 0 Å². The molecule has 118 valence electrons. The van der Waals surface area contributed by atoms with Gasteiger partial charge >= 0.3 is 11.9 Å². The van der Waals surface area contributed by atoms with Crippen LogP contribution in [0.5, 0.6) is 0 Å². The summed E-state index contributed by atoms with van der Waals surface area (Å²) in [7, 11) is 0. The van der Waals surface area contributed by atoms with E-state index in [1.165, 1.54) is 4.98 Å². The molecule has 1 saturated heterocycles. The zero-order valence-corrected chi connectivity index (χ0v) is 10.9. The predicted molar refractivity (Wildman–Crippen MR) is 63.0 cm³/mol. The van der Waals surface area contributed by atoms with E-state index in [1.807, 2.05) is 0 Å². The van der Waals surface area contributed by atoms with E-state index in [0.29, 0.717) is 4.57 Å². The van der Waals surface area contributed by atoms with E-state index >= 15 is 0 Å². The van der Waals surface area contributed by atoms with Gasteiger partial charge in [-0.1, -0.05) is 0 Å². The lowest BCUT2D eigenvalue weighted by atomic mass is 10.1. The molecule has 2 heterocycles. The standard InChI is InChI=1S/C10H10ClF3N2O5/c11-1-4-5(17)6(18)8(21-4)16-2-3(10(12,13)14)7(19)15-9(16)20/h2,4-6,8,17-18H,1H2,(H,15,19,20)/t4-,5-,6-,8-/m1/s1. The van der Waals surface area contributed by atoms with E-state index in [4.69, 9.17) is 16.3 Å². The van der Waals surface area contributed by atoms with Gasteiger partial charge in [-0.25, -0.2) is 4.79 Å². The number of aliphatic hydroxyl groups excluding tert-OH is 2. The number of H-pyrrole nitrogens is 1. The summed E-state index contributed by atoms with van der Waals surface area (Å²) in [4.78, 5) is 24.2. The van der Waals surface area contributed by atoms with E-state index < -0.39 is 47.5 Å². The van der Waals surface area contributed by atoms with Gasteiger partial charge in [0, 0.05) is 6.20 Å². The molecule has 1 fully saturated rings. The summed E-state index contributed by atoms with van der Waals surface area (Å²) < 4.78 is 43.4. The van der Waals surface area contributed by atoms with Crippen LogP contribution in [0.25, 0.3) is 0 Å². The van der Waals surface area contributed by atoms with Crippen LogP contribution in [0.4, 0.5) is 13.2 Å². The SMILES string of the molecule is O=c1[nH]c(=O)n([C@@H]2O[C@H](CCl)[C@@H](O)[C@H]2O)cc1C(F)(F)F. The summed E-state index contributed by atoms with van der Waals surface area (Å²) >= 11 is 5.47. The number of aromatic nitrogens is 2. The molecule has 11 heteroatoms. The number of aliphatic hydroxyl groups is 2. The normalized spacial score (nSPS) is 29.8. The fraction of sp³-hybridized carbons (Fsp3) is 0.600. The third kappa shape index (κ3) is 2.84. The number of nitrogens with zero attached hydrogens (tertiary/aromatic N) is 1. The molecular weight excluding hydrogens is 321 g/mol. The molecule has 3 N–H and O–H groups in total. The highest BCUT2D eigenvalue weighted by Gasteiger charge is 2.44. The lowest BCUT2D eigenvalue weighted by molar-refractivity contribution is -0.139. The van der Waals surface area contributed by atoms with E-state index in [1.54, 1.807) is 0 Å². The van der Waals surface area contributed by atoms with E-state index in [-0.39, 0.29) is 12.1 Å². The van der Waals surface area contributed by atoms with Gasteiger partial charge in [-0.2, -0.15) is 13.2 Å².